The highest BCUT2D eigenvalue weighted by Gasteiger charge is 2.22. The summed E-state index contributed by atoms with van der Waals surface area (Å²) in [6.07, 6.45) is 2.76. The Balaban J connectivity index is 2.36. The second-order valence-electron chi connectivity index (χ2n) is 3.49. The van der Waals surface area contributed by atoms with Gasteiger partial charge in [-0.05, 0) is 17.7 Å². The first-order valence-corrected chi connectivity index (χ1v) is 5.34. The van der Waals surface area contributed by atoms with E-state index < -0.39 is 11.9 Å². The minimum absolute atomic E-state index is 0.0712. The average molecular weight is 243 g/mol. The van der Waals surface area contributed by atoms with Gasteiger partial charge in [0.25, 0.3) is 0 Å². The van der Waals surface area contributed by atoms with Crippen molar-refractivity contribution in [3.63, 3.8) is 0 Å². The number of nitrogens with two attached hydrogens (primary N) is 1. The largest absolute Gasteiger partial charge is 0.496 e. The quantitative estimate of drug-likeness (QED) is 0.632. The molecule has 1 atom stereocenters. The first-order chi connectivity index (χ1) is 7.74. The van der Waals surface area contributed by atoms with Gasteiger partial charge in [-0.15, -0.1) is 0 Å². The average Bonchev–Trinajstić information content (AvgIpc) is 2.79. The smallest absolute Gasteiger partial charge is 0.142 e. The van der Waals surface area contributed by atoms with E-state index in [2.05, 4.69) is 5.43 Å². The lowest BCUT2D eigenvalue weighted by molar-refractivity contribution is 0.215. The van der Waals surface area contributed by atoms with Gasteiger partial charge in [0.1, 0.15) is 17.6 Å². The lowest BCUT2D eigenvalue weighted by atomic mass is 10.1. The monoisotopic (exact) mass is 242 g/mol. The van der Waals surface area contributed by atoms with Crippen molar-refractivity contribution >= 4 is 11.6 Å². The number of halogens is 2. The highest BCUT2D eigenvalue weighted by molar-refractivity contribution is 6.31. The molecular formula is C11H12ClFN2O. The molecule has 0 aromatic heterocycles. The minimum Gasteiger partial charge on any atom is -0.496 e. The van der Waals surface area contributed by atoms with Crippen LogP contribution in [0.1, 0.15) is 18.0 Å². The van der Waals surface area contributed by atoms with Crippen molar-refractivity contribution in [2.24, 2.45) is 5.84 Å². The summed E-state index contributed by atoms with van der Waals surface area (Å²) in [6, 6.07) is 4.23. The van der Waals surface area contributed by atoms with Crippen LogP contribution in [-0.2, 0) is 4.74 Å². The number of hydrogen-bond acceptors (Lipinski definition) is 3. The molecular weight excluding hydrogens is 231 g/mol. The molecule has 5 heteroatoms. The van der Waals surface area contributed by atoms with Crippen molar-refractivity contribution in [2.75, 3.05) is 6.61 Å². The van der Waals surface area contributed by atoms with Gasteiger partial charge in [0.15, 0.2) is 0 Å². The van der Waals surface area contributed by atoms with Crippen molar-refractivity contribution in [1.29, 1.82) is 0 Å². The Bertz CT molecular complexity index is 422. The minimum atomic E-state index is -0.460. The molecule has 16 heavy (non-hydrogen) atoms. The number of nitrogens with one attached hydrogen (secondary N) is 1. The maximum absolute atomic E-state index is 13.3. The van der Waals surface area contributed by atoms with Crippen molar-refractivity contribution in [3.05, 3.63) is 46.4 Å². The van der Waals surface area contributed by atoms with Gasteiger partial charge in [0.2, 0.25) is 0 Å². The molecule has 0 fully saturated rings. The van der Waals surface area contributed by atoms with Crippen LogP contribution in [0.15, 0.2) is 30.0 Å². The Morgan fingerprint density at radius 2 is 2.31 bits per heavy atom. The van der Waals surface area contributed by atoms with E-state index >= 15 is 0 Å². The summed E-state index contributed by atoms with van der Waals surface area (Å²) in [5, 5.41) is 0.0712. The molecule has 3 N–H and O–H groups in total. The number of benzene rings is 1. The zero-order valence-electron chi connectivity index (χ0n) is 8.54. The first-order valence-electron chi connectivity index (χ1n) is 4.97. The number of hydrazine groups is 1. The lowest BCUT2D eigenvalue weighted by Gasteiger charge is -2.18. The third kappa shape index (κ3) is 2.04. The summed E-state index contributed by atoms with van der Waals surface area (Å²) in [4.78, 5) is 0. The molecule has 86 valence electrons. The number of hydrogen-bond donors (Lipinski definition) is 2. The van der Waals surface area contributed by atoms with Crippen molar-refractivity contribution in [2.45, 2.75) is 12.5 Å². The maximum atomic E-state index is 13.3. The molecule has 1 aromatic carbocycles. The Morgan fingerprint density at radius 1 is 1.50 bits per heavy atom. The molecule has 0 saturated heterocycles. The van der Waals surface area contributed by atoms with Gasteiger partial charge in [-0.1, -0.05) is 23.7 Å². The van der Waals surface area contributed by atoms with Crippen LogP contribution in [0.25, 0.3) is 0 Å². The van der Waals surface area contributed by atoms with Crippen molar-refractivity contribution < 1.29 is 9.13 Å². The highest BCUT2D eigenvalue weighted by Crippen LogP contribution is 2.31. The predicted molar refractivity (Wildman–Crippen MR) is 60.1 cm³/mol. The Hall–Kier alpha value is -1.10. The van der Waals surface area contributed by atoms with E-state index in [0.29, 0.717) is 17.9 Å². The molecule has 0 aliphatic carbocycles. The molecule has 1 aromatic rings. The zero-order valence-corrected chi connectivity index (χ0v) is 9.30. The van der Waals surface area contributed by atoms with E-state index in [9.17, 15) is 4.39 Å². The van der Waals surface area contributed by atoms with Gasteiger partial charge >= 0.3 is 0 Å². The lowest BCUT2D eigenvalue weighted by Crippen LogP contribution is -2.30. The fourth-order valence-corrected chi connectivity index (χ4v) is 1.94. The molecule has 3 nitrogen and oxygen atoms in total. The molecule has 0 radical (unpaired) electrons. The topological polar surface area (TPSA) is 47.3 Å². The van der Waals surface area contributed by atoms with Crippen LogP contribution >= 0.6 is 11.6 Å². The first kappa shape index (κ1) is 11.4. The summed E-state index contributed by atoms with van der Waals surface area (Å²) in [5.41, 5.74) is 3.16. The van der Waals surface area contributed by atoms with E-state index in [1.54, 1.807) is 12.1 Å². The normalized spacial score (nSPS) is 16.8. The van der Waals surface area contributed by atoms with Crippen LogP contribution < -0.4 is 11.3 Å². The fraction of sp³-hybridized carbons (Fsp3) is 0.273. The molecule has 1 aliphatic rings. The fourth-order valence-electron chi connectivity index (χ4n) is 1.71. The second-order valence-corrected chi connectivity index (χ2v) is 3.86. The van der Waals surface area contributed by atoms with E-state index in [-0.39, 0.29) is 5.02 Å². The number of ether oxygens (including phenoxy) is 1. The molecule has 0 bridgehead atoms. The Kier molecular flexibility index (Phi) is 3.43. The van der Waals surface area contributed by atoms with E-state index in [1.807, 2.05) is 6.08 Å². The van der Waals surface area contributed by atoms with Gasteiger partial charge in [-0.3, -0.25) is 5.84 Å². The van der Waals surface area contributed by atoms with Crippen LogP contribution in [0, 0.1) is 5.82 Å². The molecule has 1 aliphatic heterocycles. The van der Waals surface area contributed by atoms with E-state index in [0.717, 1.165) is 6.42 Å². The molecule has 2 rings (SSSR count). The summed E-state index contributed by atoms with van der Waals surface area (Å²) in [5.74, 6) is 5.68. The van der Waals surface area contributed by atoms with Gasteiger partial charge in [0, 0.05) is 6.42 Å². The van der Waals surface area contributed by atoms with Gasteiger partial charge in [-0.2, -0.15) is 0 Å². The standard InChI is InChI=1S/C11H12ClFN2O/c12-10-7(3-1-4-8(10)13)11(15-14)9-5-2-6-16-9/h1,3-5,11,15H,2,6,14H2. The molecule has 0 spiro atoms. The highest BCUT2D eigenvalue weighted by atomic mass is 35.5. The Labute approximate surface area is 98.0 Å². The van der Waals surface area contributed by atoms with Gasteiger partial charge < -0.3 is 4.74 Å². The van der Waals surface area contributed by atoms with Crippen LogP contribution in [-0.4, -0.2) is 6.61 Å². The zero-order chi connectivity index (χ0) is 11.5. The second kappa shape index (κ2) is 4.82. The van der Waals surface area contributed by atoms with Crippen LogP contribution in [0.5, 0.6) is 0 Å². The van der Waals surface area contributed by atoms with Crippen LogP contribution in [0.4, 0.5) is 4.39 Å². The van der Waals surface area contributed by atoms with E-state index in [1.165, 1.54) is 6.07 Å². The molecule has 0 saturated carbocycles. The van der Waals surface area contributed by atoms with E-state index in [4.69, 9.17) is 22.2 Å². The third-order valence-electron chi connectivity index (χ3n) is 2.48. The van der Waals surface area contributed by atoms with Gasteiger partial charge in [-0.25, -0.2) is 9.82 Å². The van der Waals surface area contributed by atoms with Gasteiger partial charge in [0.05, 0.1) is 11.6 Å². The third-order valence-corrected chi connectivity index (χ3v) is 2.87. The predicted octanol–water partition coefficient (Wildman–Crippen LogP) is 2.29. The SMILES string of the molecule is NNC(C1=CCCO1)c1cccc(F)c1Cl. The maximum Gasteiger partial charge on any atom is 0.142 e. The van der Waals surface area contributed by atoms with Crippen molar-refractivity contribution in [3.8, 4) is 0 Å². The van der Waals surface area contributed by atoms with Crippen molar-refractivity contribution in [1.82, 2.24) is 5.43 Å². The summed E-state index contributed by atoms with van der Waals surface area (Å²) >= 11 is 5.89. The van der Waals surface area contributed by atoms with Crippen LogP contribution in [0.3, 0.4) is 0 Å². The molecule has 1 heterocycles. The van der Waals surface area contributed by atoms with Crippen LogP contribution in [0.2, 0.25) is 5.02 Å². The molecule has 1 unspecified atom stereocenters. The summed E-state index contributed by atoms with van der Waals surface area (Å²) < 4.78 is 18.7. The molecule has 0 amide bonds. The number of rotatable bonds is 3. The summed E-state index contributed by atoms with van der Waals surface area (Å²) in [7, 11) is 0. The Morgan fingerprint density at radius 3 is 2.94 bits per heavy atom. The summed E-state index contributed by atoms with van der Waals surface area (Å²) in [6.45, 7) is 0.625.